The molecule has 0 bridgehead atoms. The number of hydrogen-bond acceptors (Lipinski definition) is 5. The third-order valence-electron chi connectivity index (χ3n) is 5.69. The zero-order valence-electron chi connectivity index (χ0n) is 19.6. The third kappa shape index (κ3) is 6.64. The van der Waals surface area contributed by atoms with Gasteiger partial charge in [-0.05, 0) is 42.4 Å². The van der Waals surface area contributed by atoms with Crippen LogP contribution in [0.4, 0.5) is 0 Å². The maximum atomic E-state index is 12.9. The van der Waals surface area contributed by atoms with Crippen molar-refractivity contribution in [3.63, 3.8) is 0 Å². The van der Waals surface area contributed by atoms with Crippen LogP contribution in [0.5, 0.6) is 5.75 Å². The van der Waals surface area contributed by atoms with Gasteiger partial charge >= 0.3 is 5.97 Å². The monoisotopic (exact) mass is 492 g/mol. The van der Waals surface area contributed by atoms with Gasteiger partial charge in [0.25, 0.3) is 11.7 Å². The number of aliphatic carboxylic acids is 1. The molecule has 0 saturated carbocycles. The van der Waals surface area contributed by atoms with Crippen LogP contribution in [0.1, 0.15) is 27.5 Å². The molecule has 3 rings (SSSR count). The molecule has 1 aliphatic carbocycles. The Morgan fingerprint density at radius 3 is 2.46 bits per heavy atom. The predicted molar refractivity (Wildman–Crippen MR) is 136 cm³/mol. The summed E-state index contributed by atoms with van der Waals surface area (Å²) in [6.07, 6.45) is 12.6. The van der Waals surface area contributed by atoms with Crippen molar-refractivity contribution in [1.29, 1.82) is 0 Å². The van der Waals surface area contributed by atoms with Gasteiger partial charge < -0.3 is 20.1 Å². The number of primary amides is 1. The Balaban J connectivity index is 2.19. The Bertz CT molecular complexity index is 1220. The minimum absolute atomic E-state index is 0.0683. The highest BCUT2D eigenvalue weighted by Gasteiger charge is 2.25. The lowest BCUT2D eigenvalue weighted by molar-refractivity contribution is -0.139. The Morgan fingerprint density at radius 2 is 1.80 bits per heavy atom. The summed E-state index contributed by atoms with van der Waals surface area (Å²) in [7, 11) is 1.87. The van der Waals surface area contributed by atoms with E-state index in [-0.39, 0.29) is 23.1 Å². The fraction of sp³-hybridized carbons (Fsp3) is 0.222. The number of ether oxygens (including phenoxy) is 1. The Labute approximate surface area is 208 Å². The number of allylic oxidation sites excluding steroid dienone is 4. The first-order valence-electron chi connectivity index (χ1n) is 11.0. The molecule has 35 heavy (non-hydrogen) atoms. The number of benzene rings is 1. The molecule has 1 aromatic carbocycles. The van der Waals surface area contributed by atoms with Gasteiger partial charge in [-0.2, -0.15) is 0 Å². The average Bonchev–Trinajstić information content (AvgIpc) is 2.91. The van der Waals surface area contributed by atoms with Crippen molar-refractivity contribution in [2.75, 3.05) is 12.9 Å². The second-order valence-electron chi connectivity index (χ2n) is 8.01. The predicted octanol–water partition coefficient (Wildman–Crippen LogP) is 4.07. The first-order valence-corrected chi connectivity index (χ1v) is 12.2. The lowest BCUT2D eigenvalue weighted by atomic mass is 9.80. The molecule has 1 heterocycles. The Hall–Kier alpha value is -3.78. The molecule has 1 amide bonds. The van der Waals surface area contributed by atoms with E-state index in [1.807, 2.05) is 48.2 Å². The van der Waals surface area contributed by atoms with Crippen molar-refractivity contribution < 1.29 is 24.2 Å². The number of rotatable bonds is 9. The second kappa shape index (κ2) is 12.1. The molecule has 7 nitrogen and oxygen atoms in total. The zero-order chi connectivity index (χ0) is 25.4. The summed E-state index contributed by atoms with van der Waals surface area (Å²) in [5.74, 6) is -2.76. The van der Waals surface area contributed by atoms with Gasteiger partial charge in [0, 0.05) is 35.3 Å². The number of Topliss-reactive ketones (excluding diaryl/α,β-unsaturated/α-hetero) is 1. The summed E-state index contributed by atoms with van der Waals surface area (Å²) >= 11 is 1.32. The molecule has 0 radical (unpaired) electrons. The third-order valence-corrected chi connectivity index (χ3v) is 6.55. The largest absolute Gasteiger partial charge is 0.482 e. The van der Waals surface area contributed by atoms with Crippen LogP contribution in [-0.4, -0.2) is 40.2 Å². The number of nitrogens with two attached hydrogens (primary N) is 1. The number of amides is 1. The van der Waals surface area contributed by atoms with Crippen LogP contribution in [0.25, 0.3) is 0 Å². The van der Waals surface area contributed by atoms with Gasteiger partial charge in [0.1, 0.15) is 5.75 Å². The summed E-state index contributed by atoms with van der Waals surface area (Å²) < 4.78 is 7.24. The topological polar surface area (TPSA) is 112 Å². The zero-order valence-corrected chi connectivity index (χ0v) is 20.4. The van der Waals surface area contributed by atoms with Crippen LogP contribution >= 0.6 is 11.8 Å². The van der Waals surface area contributed by atoms with E-state index in [0.29, 0.717) is 11.3 Å². The van der Waals surface area contributed by atoms with E-state index >= 15 is 0 Å². The van der Waals surface area contributed by atoms with Crippen LogP contribution in [-0.2, 0) is 23.1 Å². The number of ketones is 1. The molecule has 3 N–H and O–H groups in total. The van der Waals surface area contributed by atoms with Crippen molar-refractivity contribution in [3.05, 3.63) is 95.9 Å². The quantitative estimate of drug-likeness (QED) is 0.310. The molecule has 0 spiro atoms. The van der Waals surface area contributed by atoms with Crippen LogP contribution in [0.15, 0.2) is 83.9 Å². The highest BCUT2D eigenvalue weighted by atomic mass is 32.2. The van der Waals surface area contributed by atoms with Gasteiger partial charge in [0.2, 0.25) is 0 Å². The van der Waals surface area contributed by atoms with E-state index in [0.717, 1.165) is 5.69 Å². The Kier molecular flexibility index (Phi) is 8.92. The Morgan fingerprint density at radius 1 is 1.09 bits per heavy atom. The maximum absolute atomic E-state index is 12.9. The van der Waals surface area contributed by atoms with Crippen LogP contribution in [0.2, 0.25) is 0 Å². The minimum atomic E-state index is -1.16. The lowest BCUT2D eigenvalue weighted by Gasteiger charge is -2.26. The van der Waals surface area contributed by atoms with Crippen LogP contribution in [0, 0.1) is 5.92 Å². The van der Waals surface area contributed by atoms with Crippen molar-refractivity contribution in [2.45, 2.75) is 17.2 Å². The van der Waals surface area contributed by atoms with E-state index < -0.39 is 24.3 Å². The van der Waals surface area contributed by atoms with E-state index in [4.69, 9.17) is 15.6 Å². The molecule has 0 aliphatic heterocycles. The number of hydrogen-bond donors (Lipinski definition) is 2. The van der Waals surface area contributed by atoms with E-state index in [1.54, 1.807) is 18.3 Å². The number of carbonyl (C=O) groups is 3. The maximum Gasteiger partial charge on any atom is 0.341 e. The molecule has 1 aromatic heterocycles. The van der Waals surface area contributed by atoms with E-state index in [1.165, 1.54) is 23.4 Å². The number of nitrogens with zero attached hydrogens (tertiary/aromatic N) is 1. The summed E-state index contributed by atoms with van der Waals surface area (Å²) in [4.78, 5) is 36.4. The molecule has 8 heteroatoms. The molecule has 182 valence electrons. The molecular weight excluding hydrogens is 464 g/mol. The van der Waals surface area contributed by atoms with Gasteiger partial charge in [-0.25, -0.2) is 4.79 Å². The van der Waals surface area contributed by atoms with Gasteiger partial charge in [0.15, 0.2) is 6.61 Å². The molecule has 0 saturated heterocycles. The first-order chi connectivity index (χ1) is 16.8. The number of thioether (sulfide) groups is 1. The average molecular weight is 493 g/mol. The van der Waals surface area contributed by atoms with Gasteiger partial charge in [-0.3, -0.25) is 9.59 Å². The van der Waals surface area contributed by atoms with Crippen molar-refractivity contribution in [3.8, 4) is 5.75 Å². The van der Waals surface area contributed by atoms with Crippen molar-refractivity contribution in [2.24, 2.45) is 18.7 Å². The number of carbonyl (C=O) groups excluding carboxylic acids is 2. The SMILES string of the molecule is CSc1c(C(=O)C(N)=O)cc(OCC(=O)O)cccn(C)c1CC1C=CC=CC1c1ccccc1. The fourth-order valence-electron chi connectivity index (χ4n) is 4.03. The number of carboxylic acid groups (broad SMARTS) is 1. The van der Waals surface area contributed by atoms with Crippen molar-refractivity contribution >= 4 is 29.4 Å². The summed E-state index contributed by atoms with van der Waals surface area (Å²) in [6, 6.07) is 14.8. The number of carboxylic acids is 1. The van der Waals surface area contributed by atoms with Crippen LogP contribution < -0.4 is 10.5 Å². The molecule has 2 atom stereocenters. The molecule has 2 unspecified atom stereocenters. The molecule has 0 fully saturated rings. The summed E-state index contributed by atoms with van der Waals surface area (Å²) in [6.45, 7) is -0.590. The molecule has 2 aromatic rings. The summed E-state index contributed by atoms with van der Waals surface area (Å²) in [5.41, 5.74) is 7.45. The highest BCUT2D eigenvalue weighted by Crippen LogP contribution is 2.35. The van der Waals surface area contributed by atoms with E-state index in [2.05, 4.69) is 24.3 Å². The van der Waals surface area contributed by atoms with Gasteiger partial charge in [-0.15, -0.1) is 11.8 Å². The lowest BCUT2D eigenvalue weighted by Crippen LogP contribution is -2.24. The van der Waals surface area contributed by atoms with Gasteiger partial charge in [-0.1, -0.05) is 54.6 Å². The molecule has 1 aliphatic rings. The molecular formula is C27H28N2O5S. The standard InChI is InChI=1S/C27H28N2O5S/c1-29-14-8-12-20(34-17-24(30)31)16-22(25(32)27(28)33)26(35-2)23(29)15-19-11-6-7-13-21(19)18-9-4-3-5-10-18/h3-14,16,19,21H,15,17H2,1-2H3,(H2,28,33)(H,30,31). The van der Waals surface area contributed by atoms with Crippen molar-refractivity contribution in [1.82, 2.24) is 4.57 Å². The van der Waals surface area contributed by atoms with Crippen LogP contribution in [0.3, 0.4) is 0 Å². The fourth-order valence-corrected chi connectivity index (χ4v) is 4.87. The first kappa shape index (κ1) is 25.8. The second-order valence-corrected chi connectivity index (χ2v) is 8.83. The number of aromatic nitrogens is 1. The van der Waals surface area contributed by atoms with E-state index in [9.17, 15) is 14.4 Å². The van der Waals surface area contributed by atoms with Gasteiger partial charge in [0.05, 0.1) is 0 Å². The summed E-state index contributed by atoms with van der Waals surface area (Å²) in [5, 5.41) is 9.01. The minimum Gasteiger partial charge on any atom is -0.482 e. The normalized spacial score (nSPS) is 16.4. The number of aryl methyl sites for hydroxylation is 1. The smallest absolute Gasteiger partial charge is 0.341 e. The highest BCUT2D eigenvalue weighted by molar-refractivity contribution is 7.98.